The van der Waals surface area contributed by atoms with Gasteiger partial charge in [0.05, 0.1) is 12.6 Å². The number of aromatic nitrogens is 1. The summed E-state index contributed by atoms with van der Waals surface area (Å²) in [4.78, 5) is 6.82. The summed E-state index contributed by atoms with van der Waals surface area (Å²) in [6.07, 6.45) is 3.59. The molecule has 2 saturated heterocycles. The number of hydrogen-bond donors (Lipinski definition) is 0. The predicted octanol–water partition coefficient (Wildman–Crippen LogP) is 1.85. The topological polar surface area (TPSA) is 25.4 Å². The highest BCUT2D eigenvalue weighted by Crippen LogP contribution is 2.46. The van der Waals surface area contributed by atoms with Crippen LogP contribution in [0.3, 0.4) is 0 Å². The summed E-state index contributed by atoms with van der Waals surface area (Å²) in [6.45, 7) is 3.44. The molecular formula is C11H16N2OS2. The highest BCUT2D eigenvalue weighted by atomic mass is 32.2. The van der Waals surface area contributed by atoms with Gasteiger partial charge in [-0.25, -0.2) is 4.98 Å². The van der Waals surface area contributed by atoms with Crippen molar-refractivity contribution in [2.75, 3.05) is 26.0 Å². The third-order valence-corrected chi connectivity index (χ3v) is 5.71. The van der Waals surface area contributed by atoms with Crippen molar-refractivity contribution in [2.45, 2.75) is 23.8 Å². The summed E-state index contributed by atoms with van der Waals surface area (Å²) in [6, 6.07) is 0. The molecule has 0 bridgehead atoms. The molecule has 2 fully saturated rings. The van der Waals surface area contributed by atoms with E-state index in [4.69, 9.17) is 4.74 Å². The number of rotatable bonds is 3. The SMILES string of the molecule is CO[C@H]1CSC2(C1)CN(Cc1nccs1)C2. The summed E-state index contributed by atoms with van der Waals surface area (Å²) in [5.41, 5.74) is 0. The summed E-state index contributed by atoms with van der Waals surface area (Å²) in [5.74, 6) is 1.17. The Morgan fingerprint density at radius 3 is 3.12 bits per heavy atom. The molecule has 1 aromatic heterocycles. The van der Waals surface area contributed by atoms with E-state index in [1.807, 2.05) is 13.3 Å². The molecular weight excluding hydrogens is 240 g/mol. The largest absolute Gasteiger partial charge is 0.381 e. The van der Waals surface area contributed by atoms with Crippen molar-refractivity contribution in [3.8, 4) is 0 Å². The average Bonchev–Trinajstić information content (AvgIpc) is 2.85. The van der Waals surface area contributed by atoms with E-state index in [2.05, 4.69) is 27.0 Å². The first kappa shape index (κ1) is 11.0. The number of hydrogen-bond acceptors (Lipinski definition) is 5. The van der Waals surface area contributed by atoms with Crippen molar-refractivity contribution in [2.24, 2.45) is 0 Å². The summed E-state index contributed by atoms with van der Waals surface area (Å²) in [5, 5.41) is 3.29. The number of ether oxygens (including phenoxy) is 1. The van der Waals surface area contributed by atoms with Gasteiger partial charge in [-0.3, -0.25) is 4.90 Å². The Hall–Kier alpha value is -0.100. The van der Waals surface area contributed by atoms with Crippen molar-refractivity contribution in [1.29, 1.82) is 0 Å². The minimum Gasteiger partial charge on any atom is -0.381 e. The molecule has 0 unspecified atom stereocenters. The molecule has 0 amide bonds. The zero-order valence-corrected chi connectivity index (χ0v) is 11.0. The van der Waals surface area contributed by atoms with E-state index in [1.165, 1.54) is 30.3 Å². The molecule has 1 atom stereocenters. The Morgan fingerprint density at radius 2 is 2.50 bits per heavy atom. The maximum atomic E-state index is 5.43. The second kappa shape index (κ2) is 4.29. The van der Waals surface area contributed by atoms with Gasteiger partial charge < -0.3 is 4.74 Å². The van der Waals surface area contributed by atoms with Gasteiger partial charge in [0.15, 0.2) is 0 Å². The maximum Gasteiger partial charge on any atom is 0.107 e. The van der Waals surface area contributed by atoms with E-state index in [9.17, 15) is 0 Å². The van der Waals surface area contributed by atoms with Crippen LogP contribution in [0.1, 0.15) is 11.4 Å². The molecule has 3 rings (SSSR count). The minimum absolute atomic E-state index is 0.479. The normalized spacial score (nSPS) is 28.4. The molecule has 3 nitrogen and oxygen atoms in total. The van der Waals surface area contributed by atoms with Crippen molar-refractivity contribution in [3.05, 3.63) is 16.6 Å². The standard InChI is InChI=1S/C11H16N2OS2/c1-14-9-4-11(16-6-9)7-13(8-11)5-10-12-2-3-15-10/h2-3,9H,4-8H2,1H3/t9-/m1/s1. The van der Waals surface area contributed by atoms with Crippen LogP contribution in [0.2, 0.25) is 0 Å². The molecule has 0 radical (unpaired) electrons. The molecule has 1 spiro atoms. The second-order valence-electron chi connectivity index (χ2n) is 4.63. The molecule has 0 aliphatic carbocycles. The van der Waals surface area contributed by atoms with Crippen molar-refractivity contribution in [1.82, 2.24) is 9.88 Å². The van der Waals surface area contributed by atoms with E-state index in [0.29, 0.717) is 10.9 Å². The first-order chi connectivity index (χ1) is 7.80. The summed E-state index contributed by atoms with van der Waals surface area (Å²) in [7, 11) is 1.83. The molecule has 2 aliphatic rings. The van der Waals surface area contributed by atoms with Gasteiger partial charge in [-0.15, -0.1) is 23.1 Å². The van der Waals surface area contributed by atoms with Gasteiger partial charge in [0.25, 0.3) is 0 Å². The number of thioether (sulfide) groups is 1. The van der Waals surface area contributed by atoms with E-state index >= 15 is 0 Å². The molecule has 1 aromatic rings. The molecule has 88 valence electrons. The van der Waals surface area contributed by atoms with Gasteiger partial charge in [0.1, 0.15) is 5.01 Å². The highest BCUT2D eigenvalue weighted by Gasteiger charge is 2.48. The Balaban J connectivity index is 1.51. The Labute approximate surface area is 104 Å². The second-order valence-corrected chi connectivity index (χ2v) is 7.09. The van der Waals surface area contributed by atoms with Crippen LogP contribution < -0.4 is 0 Å². The Kier molecular flexibility index (Phi) is 2.96. The average molecular weight is 256 g/mol. The predicted molar refractivity (Wildman–Crippen MR) is 68.0 cm³/mol. The third-order valence-electron chi connectivity index (χ3n) is 3.37. The molecule has 0 aromatic carbocycles. The fourth-order valence-corrected chi connectivity index (χ4v) is 4.88. The van der Waals surface area contributed by atoms with E-state index in [-0.39, 0.29) is 0 Å². The van der Waals surface area contributed by atoms with Gasteiger partial charge in [0, 0.05) is 42.3 Å². The highest BCUT2D eigenvalue weighted by molar-refractivity contribution is 8.01. The molecule has 0 N–H and O–H groups in total. The van der Waals surface area contributed by atoms with Gasteiger partial charge in [-0.05, 0) is 6.42 Å². The van der Waals surface area contributed by atoms with E-state index in [0.717, 1.165) is 6.54 Å². The smallest absolute Gasteiger partial charge is 0.107 e. The fraction of sp³-hybridized carbons (Fsp3) is 0.727. The molecule has 2 aliphatic heterocycles. The maximum absolute atomic E-state index is 5.43. The summed E-state index contributed by atoms with van der Waals surface area (Å²) >= 11 is 3.85. The number of nitrogens with zero attached hydrogens (tertiary/aromatic N) is 2. The molecule has 0 saturated carbocycles. The van der Waals surface area contributed by atoms with Crippen LogP contribution in [0, 0.1) is 0 Å². The lowest BCUT2D eigenvalue weighted by molar-refractivity contribution is 0.0631. The van der Waals surface area contributed by atoms with Gasteiger partial charge in [0.2, 0.25) is 0 Å². The van der Waals surface area contributed by atoms with E-state index < -0.39 is 0 Å². The molecule has 5 heteroatoms. The van der Waals surface area contributed by atoms with Crippen LogP contribution in [0.5, 0.6) is 0 Å². The van der Waals surface area contributed by atoms with Gasteiger partial charge in [-0.2, -0.15) is 0 Å². The van der Waals surface area contributed by atoms with Crippen molar-refractivity contribution >= 4 is 23.1 Å². The van der Waals surface area contributed by atoms with Crippen LogP contribution in [-0.4, -0.2) is 46.7 Å². The van der Waals surface area contributed by atoms with E-state index in [1.54, 1.807) is 11.3 Å². The molecule has 16 heavy (non-hydrogen) atoms. The van der Waals surface area contributed by atoms with Gasteiger partial charge >= 0.3 is 0 Å². The first-order valence-electron chi connectivity index (χ1n) is 5.57. The molecule has 3 heterocycles. The van der Waals surface area contributed by atoms with Crippen LogP contribution in [0.25, 0.3) is 0 Å². The quantitative estimate of drug-likeness (QED) is 0.824. The lowest BCUT2D eigenvalue weighted by atomic mass is 9.93. The Morgan fingerprint density at radius 1 is 1.62 bits per heavy atom. The van der Waals surface area contributed by atoms with Crippen LogP contribution >= 0.6 is 23.1 Å². The van der Waals surface area contributed by atoms with Crippen molar-refractivity contribution in [3.63, 3.8) is 0 Å². The first-order valence-corrected chi connectivity index (χ1v) is 7.44. The minimum atomic E-state index is 0.479. The van der Waals surface area contributed by atoms with Crippen LogP contribution in [0.4, 0.5) is 0 Å². The number of methoxy groups -OCH3 is 1. The van der Waals surface area contributed by atoms with Gasteiger partial charge in [-0.1, -0.05) is 0 Å². The van der Waals surface area contributed by atoms with Crippen LogP contribution in [-0.2, 0) is 11.3 Å². The number of thiazole rings is 1. The lowest BCUT2D eigenvalue weighted by Crippen LogP contribution is -2.58. The van der Waals surface area contributed by atoms with Crippen molar-refractivity contribution < 1.29 is 4.74 Å². The summed E-state index contributed by atoms with van der Waals surface area (Å²) < 4.78 is 5.93. The number of likely N-dealkylation sites (tertiary alicyclic amines) is 1. The lowest BCUT2D eigenvalue weighted by Gasteiger charge is -2.47. The zero-order chi connectivity index (χ0) is 11.0. The zero-order valence-electron chi connectivity index (χ0n) is 9.39. The third kappa shape index (κ3) is 2.01. The Bertz CT molecular complexity index is 349. The monoisotopic (exact) mass is 256 g/mol. The van der Waals surface area contributed by atoms with Crippen LogP contribution in [0.15, 0.2) is 11.6 Å². The fourth-order valence-electron chi connectivity index (χ4n) is 2.58.